The number of nitrogen functional groups attached to an aromatic ring is 2. The van der Waals surface area contributed by atoms with Crippen molar-refractivity contribution in [3.8, 4) is 0 Å². The molecule has 0 radical (unpaired) electrons. The lowest BCUT2D eigenvalue weighted by Gasteiger charge is -2.32. The Hall–Kier alpha value is -1.74. The van der Waals surface area contributed by atoms with Gasteiger partial charge in [-0.25, -0.2) is 8.78 Å². The van der Waals surface area contributed by atoms with Gasteiger partial charge in [-0.3, -0.25) is 0 Å². The van der Waals surface area contributed by atoms with Gasteiger partial charge in [-0.1, -0.05) is 19.9 Å². The van der Waals surface area contributed by atoms with Crippen LogP contribution >= 0.6 is 39.1 Å². The average Bonchev–Trinajstić information content (AvgIpc) is 2.77. The first kappa shape index (κ1) is 35.3. The largest absolute Gasteiger partial charge is 0.434 e. The molecule has 17 heteroatoms. The Labute approximate surface area is 232 Å². The molecule has 2 atom stereocenters. The van der Waals surface area contributed by atoms with Crippen molar-refractivity contribution in [2.75, 3.05) is 11.5 Å². The lowest BCUT2D eigenvalue weighted by atomic mass is 9.92. The van der Waals surface area contributed by atoms with Gasteiger partial charge in [0.15, 0.2) is 0 Å². The average molecular weight is 690 g/mol. The van der Waals surface area contributed by atoms with Crippen molar-refractivity contribution in [1.29, 1.82) is 0 Å². The molecule has 0 amide bonds. The normalized spacial score (nSPS) is 16.1. The van der Waals surface area contributed by atoms with Gasteiger partial charge in [-0.05, 0) is 87.4 Å². The molecular formula is C22H19BrCl2F12N2. The highest BCUT2D eigenvalue weighted by Crippen LogP contribution is 2.56. The molecule has 0 fully saturated rings. The first-order chi connectivity index (χ1) is 17.3. The third-order valence-electron chi connectivity index (χ3n) is 5.48. The Bertz CT molecular complexity index is 1130. The zero-order valence-corrected chi connectivity index (χ0v) is 22.7. The van der Waals surface area contributed by atoms with Crippen LogP contribution in [0.5, 0.6) is 0 Å². The van der Waals surface area contributed by atoms with Crippen LogP contribution in [0.4, 0.5) is 64.1 Å². The van der Waals surface area contributed by atoms with E-state index < -0.39 is 45.6 Å². The number of hydrogen-bond acceptors (Lipinski definition) is 2. The standard InChI is InChI=1S/C11H9BrClF6N.C11H10ClF6N/c1-2-5-3-6(4-7(12)8(5)20)9(14,10(13,15)16)11(17,18)19;1-2-6-5-7(3-4-8(6)19)9(13,10(12,14)15)11(16,17)18/h3-4H,2,20H2,1H3;3-5H,2,19H2,1H3. The summed E-state index contributed by atoms with van der Waals surface area (Å²) in [6, 6.07) is 3.34. The number of anilines is 2. The number of halogens is 15. The summed E-state index contributed by atoms with van der Waals surface area (Å²) >= 11 is 11.5. The van der Waals surface area contributed by atoms with E-state index in [0.29, 0.717) is 24.3 Å². The zero-order valence-electron chi connectivity index (χ0n) is 19.6. The van der Waals surface area contributed by atoms with Gasteiger partial charge in [-0.2, -0.15) is 43.9 Å². The number of benzene rings is 2. The molecule has 0 heterocycles. The van der Waals surface area contributed by atoms with Gasteiger partial charge < -0.3 is 11.5 Å². The lowest BCUT2D eigenvalue weighted by Crippen LogP contribution is -2.49. The molecule has 2 aromatic carbocycles. The highest BCUT2D eigenvalue weighted by Gasteiger charge is 2.72. The first-order valence-corrected chi connectivity index (χ1v) is 12.0. The van der Waals surface area contributed by atoms with E-state index in [4.69, 9.17) is 11.5 Å². The van der Waals surface area contributed by atoms with Crippen molar-refractivity contribution >= 4 is 50.5 Å². The summed E-state index contributed by atoms with van der Waals surface area (Å²) in [7, 11) is 0. The molecule has 0 aliphatic carbocycles. The predicted molar refractivity (Wildman–Crippen MR) is 127 cm³/mol. The number of hydrogen-bond donors (Lipinski definition) is 2. The number of rotatable bonds is 6. The Morgan fingerprint density at radius 2 is 1.03 bits per heavy atom. The van der Waals surface area contributed by atoms with E-state index in [2.05, 4.69) is 39.1 Å². The smallest absolute Gasteiger partial charge is 0.399 e. The second-order valence-corrected chi connectivity index (χ2v) is 9.76. The molecule has 2 rings (SSSR count). The lowest BCUT2D eigenvalue weighted by molar-refractivity contribution is -0.286. The summed E-state index contributed by atoms with van der Waals surface area (Å²) in [6.45, 7) is 3.08. The SMILES string of the molecule is CCc1cc(C(F)(C(F)(F)F)C(F)(F)Cl)cc(Br)c1N.CCc1cc(C(F)(C(F)(F)F)C(F)(F)Cl)ccc1N. The van der Waals surface area contributed by atoms with Crippen LogP contribution in [0.3, 0.4) is 0 Å². The van der Waals surface area contributed by atoms with Crippen molar-refractivity contribution in [3.05, 3.63) is 57.1 Å². The van der Waals surface area contributed by atoms with Gasteiger partial charge in [-0.15, -0.1) is 0 Å². The Morgan fingerprint density at radius 1 is 0.641 bits per heavy atom. The summed E-state index contributed by atoms with van der Waals surface area (Å²) in [5.74, 6) is 0. The molecule has 2 aromatic rings. The van der Waals surface area contributed by atoms with Crippen LogP contribution in [-0.4, -0.2) is 23.1 Å². The summed E-state index contributed by atoms with van der Waals surface area (Å²) < 4.78 is 156. The van der Waals surface area contributed by atoms with E-state index in [1.54, 1.807) is 6.92 Å². The monoisotopic (exact) mass is 688 g/mol. The Morgan fingerprint density at radius 3 is 1.38 bits per heavy atom. The minimum atomic E-state index is -5.89. The van der Waals surface area contributed by atoms with E-state index >= 15 is 0 Å². The molecule has 0 aromatic heterocycles. The first-order valence-electron chi connectivity index (χ1n) is 10.4. The maximum Gasteiger partial charge on any atom is 0.434 e. The third-order valence-corrected chi connectivity index (χ3v) is 6.65. The van der Waals surface area contributed by atoms with Crippen LogP contribution in [0.25, 0.3) is 0 Å². The maximum atomic E-state index is 14.1. The molecule has 0 saturated carbocycles. The zero-order chi connectivity index (χ0) is 31.0. The number of aryl methyl sites for hydroxylation is 2. The highest BCUT2D eigenvalue weighted by molar-refractivity contribution is 9.10. The molecule has 4 N–H and O–H groups in total. The van der Waals surface area contributed by atoms with Crippen LogP contribution in [0, 0.1) is 0 Å². The summed E-state index contributed by atoms with van der Waals surface area (Å²) in [4.78, 5) is 0. The molecule has 0 spiro atoms. The Balaban J connectivity index is 0.000000391. The van der Waals surface area contributed by atoms with Gasteiger partial charge in [0.25, 0.3) is 0 Å². The van der Waals surface area contributed by atoms with Crippen LogP contribution in [0.1, 0.15) is 36.1 Å². The molecule has 0 aliphatic rings. The van der Waals surface area contributed by atoms with Crippen LogP contribution in [-0.2, 0) is 24.2 Å². The van der Waals surface area contributed by atoms with Crippen molar-refractivity contribution < 1.29 is 52.7 Å². The van der Waals surface area contributed by atoms with Gasteiger partial charge in [0.2, 0.25) is 0 Å². The van der Waals surface area contributed by atoms with Gasteiger partial charge in [0.05, 0.1) is 0 Å². The van der Waals surface area contributed by atoms with Crippen LogP contribution in [0.15, 0.2) is 34.8 Å². The molecule has 0 saturated heterocycles. The van der Waals surface area contributed by atoms with E-state index in [0.717, 1.165) is 6.07 Å². The molecule has 0 bridgehead atoms. The van der Waals surface area contributed by atoms with Crippen LogP contribution in [0.2, 0.25) is 0 Å². The molecule has 39 heavy (non-hydrogen) atoms. The minimum absolute atomic E-state index is 0.0543. The summed E-state index contributed by atoms with van der Waals surface area (Å²) in [6.07, 6.45) is -11.4. The Kier molecular flexibility index (Phi) is 10.5. The van der Waals surface area contributed by atoms with Crippen molar-refractivity contribution in [1.82, 2.24) is 0 Å². The van der Waals surface area contributed by atoms with Gasteiger partial charge >= 0.3 is 34.5 Å². The van der Waals surface area contributed by atoms with Crippen molar-refractivity contribution in [3.63, 3.8) is 0 Å². The molecule has 0 aliphatic heterocycles. The van der Waals surface area contributed by atoms with E-state index in [9.17, 15) is 52.7 Å². The van der Waals surface area contributed by atoms with Gasteiger partial charge in [0, 0.05) is 27.0 Å². The predicted octanol–water partition coefficient (Wildman–Crippen LogP) is 9.54. The molecule has 222 valence electrons. The fourth-order valence-electron chi connectivity index (χ4n) is 3.27. The van der Waals surface area contributed by atoms with Crippen molar-refractivity contribution in [2.45, 2.75) is 61.1 Å². The highest BCUT2D eigenvalue weighted by atomic mass is 79.9. The molecule has 2 nitrogen and oxygen atoms in total. The molecule has 2 unspecified atom stereocenters. The fourth-order valence-corrected chi connectivity index (χ4v) is 4.20. The summed E-state index contributed by atoms with van der Waals surface area (Å²) in [5, 5.41) is -10.3. The maximum absolute atomic E-state index is 14.1. The van der Waals surface area contributed by atoms with E-state index in [-0.39, 0.29) is 39.8 Å². The van der Waals surface area contributed by atoms with E-state index in [1.807, 2.05) is 0 Å². The van der Waals surface area contributed by atoms with Gasteiger partial charge in [0.1, 0.15) is 0 Å². The number of nitrogens with two attached hydrogens (primary N) is 2. The minimum Gasteiger partial charge on any atom is -0.399 e. The van der Waals surface area contributed by atoms with Crippen molar-refractivity contribution in [2.24, 2.45) is 0 Å². The second-order valence-electron chi connectivity index (χ2n) is 7.96. The fraction of sp³-hybridized carbons (Fsp3) is 0.455. The third kappa shape index (κ3) is 6.77. The number of alkyl halides is 14. The second kappa shape index (κ2) is 11.6. The topological polar surface area (TPSA) is 52.0 Å². The van der Waals surface area contributed by atoms with Crippen LogP contribution < -0.4 is 11.5 Å². The summed E-state index contributed by atoms with van der Waals surface area (Å²) in [5.41, 5.74) is -1.20. The quantitative estimate of drug-likeness (QED) is 0.180. The van der Waals surface area contributed by atoms with E-state index in [1.165, 1.54) is 6.92 Å². The molecular weight excluding hydrogens is 671 g/mol.